The second-order valence-electron chi connectivity index (χ2n) is 3.55. The Hall–Kier alpha value is -1.26. The third-order valence-electron chi connectivity index (χ3n) is 2.05. The van der Waals surface area contributed by atoms with E-state index in [-0.39, 0.29) is 18.3 Å². The zero-order valence-electron chi connectivity index (χ0n) is 9.94. The molecule has 1 amide bonds. The molecule has 17 heavy (non-hydrogen) atoms. The van der Waals surface area contributed by atoms with Crippen LogP contribution in [0.5, 0.6) is 5.75 Å². The van der Waals surface area contributed by atoms with Crippen molar-refractivity contribution in [3.63, 3.8) is 0 Å². The number of hydrogen-bond acceptors (Lipinski definition) is 3. The third kappa shape index (κ3) is 6.81. The quantitative estimate of drug-likeness (QED) is 0.808. The lowest BCUT2D eigenvalue weighted by Crippen LogP contribution is -2.29. The van der Waals surface area contributed by atoms with Crippen LogP contribution in [0.1, 0.15) is 12.0 Å². The van der Waals surface area contributed by atoms with E-state index >= 15 is 0 Å². The van der Waals surface area contributed by atoms with Gasteiger partial charge in [-0.3, -0.25) is 4.79 Å². The Morgan fingerprint density at radius 2 is 2.24 bits per heavy atom. The molecule has 0 aliphatic heterocycles. The molecule has 0 unspecified atom stereocenters. The van der Waals surface area contributed by atoms with Gasteiger partial charge in [-0.1, -0.05) is 12.1 Å². The van der Waals surface area contributed by atoms with E-state index in [1.54, 1.807) is 0 Å². The monoisotopic (exact) mass is 258 g/mol. The Bertz CT molecular complexity index is 345. The van der Waals surface area contributed by atoms with E-state index in [2.05, 4.69) is 5.32 Å². The van der Waals surface area contributed by atoms with Gasteiger partial charge < -0.3 is 15.8 Å². The topological polar surface area (TPSA) is 64.3 Å². The molecule has 0 saturated heterocycles. The van der Waals surface area contributed by atoms with Crippen LogP contribution in [0.15, 0.2) is 24.3 Å². The largest absolute Gasteiger partial charge is 0.493 e. The Morgan fingerprint density at radius 1 is 1.47 bits per heavy atom. The van der Waals surface area contributed by atoms with Crippen molar-refractivity contribution in [2.45, 2.75) is 13.3 Å². The van der Waals surface area contributed by atoms with Gasteiger partial charge in [0.2, 0.25) is 5.91 Å². The molecule has 0 aliphatic carbocycles. The molecule has 1 aromatic carbocycles. The number of amides is 1. The van der Waals surface area contributed by atoms with E-state index in [1.165, 1.54) is 0 Å². The first-order valence-corrected chi connectivity index (χ1v) is 5.38. The first-order valence-electron chi connectivity index (χ1n) is 5.38. The highest BCUT2D eigenvalue weighted by Gasteiger charge is 2.00. The van der Waals surface area contributed by atoms with Crippen LogP contribution in [0.2, 0.25) is 0 Å². The van der Waals surface area contributed by atoms with Gasteiger partial charge in [-0.25, -0.2) is 0 Å². The average molecular weight is 259 g/mol. The molecular formula is C12H19ClN2O2. The zero-order valence-corrected chi connectivity index (χ0v) is 10.8. The van der Waals surface area contributed by atoms with Crippen LogP contribution in [0.25, 0.3) is 0 Å². The maximum Gasteiger partial charge on any atom is 0.223 e. The summed E-state index contributed by atoms with van der Waals surface area (Å²) in [5.41, 5.74) is 6.41. The molecule has 0 atom stereocenters. The van der Waals surface area contributed by atoms with Crippen molar-refractivity contribution in [1.82, 2.24) is 5.32 Å². The number of benzene rings is 1. The predicted octanol–water partition coefficient (Wildman–Crippen LogP) is 1.26. The Labute approximate surface area is 108 Å². The summed E-state index contributed by atoms with van der Waals surface area (Å²) in [6.07, 6.45) is 0.355. The summed E-state index contributed by atoms with van der Waals surface area (Å²) in [7, 11) is 0. The van der Waals surface area contributed by atoms with Crippen molar-refractivity contribution in [3.05, 3.63) is 29.8 Å². The van der Waals surface area contributed by atoms with Gasteiger partial charge >= 0.3 is 0 Å². The maximum absolute atomic E-state index is 11.2. The normalized spacial score (nSPS) is 9.29. The second-order valence-corrected chi connectivity index (χ2v) is 3.55. The molecule has 5 heteroatoms. The molecule has 0 radical (unpaired) electrons. The minimum atomic E-state index is -0.0295. The fraction of sp³-hybridized carbons (Fsp3) is 0.417. The Morgan fingerprint density at radius 3 is 2.88 bits per heavy atom. The highest BCUT2D eigenvalue weighted by atomic mass is 35.5. The second kappa shape index (κ2) is 8.84. The summed E-state index contributed by atoms with van der Waals surface area (Å²) in [5, 5.41) is 2.69. The van der Waals surface area contributed by atoms with Crippen LogP contribution in [-0.4, -0.2) is 25.6 Å². The summed E-state index contributed by atoms with van der Waals surface area (Å²) < 4.78 is 5.45. The molecule has 0 aromatic heterocycles. The third-order valence-corrected chi connectivity index (χ3v) is 2.05. The number of rotatable bonds is 6. The number of ether oxygens (including phenoxy) is 1. The molecule has 0 spiro atoms. The number of hydrogen-bond donors (Lipinski definition) is 2. The molecule has 0 bridgehead atoms. The van der Waals surface area contributed by atoms with Crippen LogP contribution in [0, 0.1) is 6.92 Å². The lowest BCUT2D eigenvalue weighted by atomic mass is 10.2. The SMILES string of the molecule is Cc1cccc(OCCC(=O)NCCN)c1.Cl. The van der Waals surface area contributed by atoms with E-state index in [0.29, 0.717) is 26.1 Å². The highest BCUT2D eigenvalue weighted by Crippen LogP contribution is 2.12. The Kier molecular flexibility index (Phi) is 8.19. The standard InChI is InChI=1S/C12H18N2O2.ClH/c1-10-3-2-4-11(9-10)16-8-5-12(15)14-7-6-13;/h2-4,9H,5-8,13H2,1H3,(H,14,15);1H. The number of aryl methyl sites for hydroxylation is 1. The van der Waals surface area contributed by atoms with Crippen molar-refractivity contribution in [3.8, 4) is 5.75 Å². The van der Waals surface area contributed by atoms with Crippen molar-refractivity contribution >= 4 is 18.3 Å². The fourth-order valence-electron chi connectivity index (χ4n) is 1.27. The number of carbonyl (C=O) groups excluding carboxylic acids is 1. The van der Waals surface area contributed by atoms with E-state index in [9.17, 15) is 4.79 Å². The van der Waals surface area contributed by atoms with Gasteiger partial charge in [0.05, 0.1) is 13.0 Å². The lowest BCUT2D eigenvalue weighted by Gasteiger charge is -2.07. The van der Waals surface area contributed by atoms with Crippen LogP contribution < -0.4 is 15.8 Å². The maximum atomic E-state index is 11.2. The molecular weight excluding hydrogens is 240 g/mol. The van der Waals surface area contributed by atoms with Gasteiger partial charge in [0.1, 0.15) is 5.75 Å². The first kappa shape index (κ1) is 15.7. The van der Waals surface area contributed by atoms with Gasteiger partial charge in [0.15, 0.2) is 0 Å². The summed E-state index contributed by atoms with van der Waals surface area (Å²) in [5.74, 6) is 0.768. The number of nitrogens with two attached hydrogens (primary N) is 1. The van der Waals surface area contributed by atoms with Crippen molar-refractivity contribution in [2.24, 2.45) is 5.73 Å². The van der Waals surface area contributed by atoms with Crippen LogP contribution >= 0.6 is 12.4 Å². The molecule has 3 N–H and O–H groups in total. The minimum Gasteiger partial charge on any atom is -0.493 e. The predicted molar refractivity (Wildman–Crippen MR) is 70.6 cm³/mol. The lowest BCUT2D eigenvalue weighted by molar-refractivity contribution is -0.121. The minimum absolute atomic E-state index is 0. The van der Waals surface area contributed by atoms with Gasteiger partial charge in [-0.05, 0) is 24.6 Å². The van der Waals surface area contributed by atoms with Gasteiger partial charge in [-0.2, -0.15) is 0 Å². The van der Waals surface area contributed by atoms with E-state index in [4.69, 9.17) is 10.5 Å². The van der Waals surface area contributed by atoms with Crippen molar-refractivity contribution in [1.29, 1.82) is 0 Å². The van der Waals surface area contributed by atoms with Crippen LogP contribution in [0.3, 0.4) is 0 Å². The molecule has 0 heterocycles. The molecule has 0 saturated carbocycles. The molecule has 4 nitrogen and oxygen atoms in total. The van der Waals surface area contributed by atoms with Crippen molar-refractivity contribution < 1.29 is 9.53 Å². The molecule has 1 aromatic rings. The van der Waals surface area contributed by atoms with Crippen LogP contribution in [0.4, 0.5) is 0 Å². The summed E-state index contributed by atoms with van der Waals surface area (Å²) >= 11 is 0. The van der Waals surface area contributed by atoms with Gasteiger partial charge in [0.25, 0.3) is 0 Å². The van der Waals surface area contributed by atoms with Gasteiger partial charge in [-0.15, -0.1) is 12.4 Å². The first-order chi connectivity index (χ1) is 7.72. The molecule has 0 fully saturated rings. The summed E-state index contributed by atoms with van der Waals surface area (Å²) in [4.78, 5) is 11.2. The zero-order chi connectivity index (χ0) is 11.8. The average Bonchev–Trinajstić information content (AvgIpc) is 2.26. The van der Waals surface area contributed by atoms with E-state index in [1.807, 2.05) is 31.2 Å². The highest BCUT2D eigenvalue weighted by molar-refractivity contribution is 5.85. The van der Waals surface area contributed by atoms with Gasteiger partial charge in [0, 0.05) is 13.1 Å². The molecule has 0 aliphatic rings. The Balaban J connectivity index is 0.00000256. The van der Waals surface area contributed by atoms with E-state index in [0.717, 1.165) is 11.3 Å². The number of nitrogens with one attached hydrogen (secondary N) is 1. The van der Waals surface area contributed by atoms with E-state index < -0.39 is 0 Å². The van der Waals surface area contributed by atoms with Crippen LogP contribution in [-0.2, 0) is 4.79 Å². The summed E-state index contributed by atoms with van der Waals surface area (Å²) in [6.45, 7) is 3.37. The van der Waals surface area contributed by atoms with Crippen molar-refractivity contribution in [2.75, 3.05) is 19.7 Å². The molecule has 1 rings (SSSR count). The summed E-state index contributed by atoms with van der Waals surface area (Å²) in [6, 6.07) is 7.75. The fourth-order valence-corrected chi connectivity index (χ4v) is 1.27. The number of halogens is 1. The molecule has 96 valence electrons. The number of carbonyl (C=O) groups is 1. The smallest absolute Gasteiger partial charge is 0.223 e.